The third kappa shape index (κ3) is 11.8. The van der Waals surface area contributed by atoms with E-state index in [0.717, 1.165) is 64.8 Å². The van der Waals surface area contributed by atoms with Gasteiger partial charge in [-0.1, -0.05) is 24.3 Å². The average Bonchev–Trinajstić information content (AvgIpc) is 3.18. The van der Waals surface area contributed by atoms with Gasteiger partial charge in [-0.05, 0) is 101 Å². The summed E-state index contributed by atoms with van der Waals surface area (Å²) >= 11 is 0. The number of hydrogen-bond donors (Lipinski definition) is 4. The Morgan fingerprint density at radius 3 is 1.22 bits per heavy atom. The van der Waals surface area contributed by atoms with Crippen molar-refractivity contribution in [3.63, 3.8) is 0 Å². The van der Waals surface area contributed by atoms with Gasteiger partial charge in [0.2, 0.25) is 0 Å². The summed E-state index contributed by atoms with van der Waals surface area (Å²) in [5.41, 5.74) is 1.71. The summed E-state index contributed by atoms with van der Waals surface area (Å²) in [5, 5.41) is 6.70. The molecule has 2 saturated heterocycles. The monoisotopic (exact) mass is 884 g/mol. The number of nitrogens with zero attached hydrogens (tertiary/aromatic N) is 4. The van der Waals surface area contributed by atoms with E-state index < -0.39 is 44.2 Å². The maximum atomic E-state index is 12.8. The number of aromatic nitrogens is 2. The SMILES string of the molecule is Cc1nc(N2CCNC(C)C2)ccc1NS(=O)(=O)c1ccc([C@@H](C)C(F)(F)F)cc1.Cc1nc(N2CCNC(C)C2)ccc1NS(=O)(=O)c1ccc([C@H](C)C(F)(F)F)cc1. The van der Waals surface area contributed by atoms with Crippen molar-refractivity contribution in [1.82, 2.24) is 20.6 Å². The second-order valence-electron chi connectivity index (χ2n) is 15.1. The van der Waals surface area contributed by atoms with Crippen molar-refractivity contribution in [2.45, 2.75) is 87.6 Å². The van der Waals surface area contributed by atoms with E-state index in [9.17, 15) is 43.2 Å². The van der Waals surface area contributed by atoms with Crippen LogP contribution in [0.2, 0.25) is 0 Å². The van der Waals surface area contributed by atoms with Gasteiger partial charge in [-0.2, -0.15) is 26.3 Å². The van der Waals surface area contributed by atoms with Crippen LogP contribution in [0.3, 0.4) is 0 Å². The first kappa shape index (κ1) is 46.4. The summed E-state index contributed by atoms with van der Waals surface area (Å²) in [6, 6.07) is 17.0. The van der Waals surface area contributed by atoms with Crippen LogP contribution in [-0.4, -0.2) is 90.5 Å². The van der Waals surface area contributed by atoms with Gasteiger partial charge in [0, 0.05) is 51.4 Å². The van der Waals surface area contributed by atoms with Crippen molar-refractivity contribution in [3.8, 4) is 0 Å². The molecule has 4 aromatic rings. The predicted molar refractivity (Wildman–Crippen MR) is 221 cm³/mol. The van der Waals surface area contributed by atoms with Crippen LogP contribution in [0, 0.1) is 13.8 Å². The van der Waals surface area contributed by atoms with Gasteiger partial charge in [0.1, 0.15) is 11.6 Å². The average molecular weight is 885 g/mol. The van der Waals surface area contributed by atoms with Crippen LogP contribution in [0.15, 0.2) is 82.6 Å². The number of sulfonamides is 2. The highest BCUT2D eigenvalue weighted by Crippen LogP contribution is 2.36. The molecule has 0 spiro atoms. The maximum absolute atomic E-state index is 12.8. The molecule has 2 unspecified atom stereocenters. The van der Waals surface area contributed by atoms with Crippen LogP contribution in [-0.2, 0) is 20.0 Å². The molecule has 0 saturated carbocycles. The third-order valence-corrected chi connectivity index (χ3v) is 13.1. The summed E-state index contributed by atoms with van der Waals surface area (Å²) in [6.45, 7) is 14.6. The Morgan fingerprint density at radius 2 is 0.933 bits per heavy atom. The molecule has 0 aliphatic carbocycles. The van der Waals surface area contributed by atoms with E-state index in [0.29, 0.717) is 34.8 Å². The molecule has 4 N–H and O–H groups in total. The number of pyridine rings is 2. The third-order valence-electron chi connectivity index (χ3n) is 10.4. The number of nitrogens with one attached hydrogen (secondary N) is 4. The van der Waals surface area contributed by atoms with Crippen LogP contribution in [0.25, 0.3) is 0 Å². The molecule has 2 aromatic carbocycles. The number of alkyl halides is 6. The molecule has 0 radical (unpaired) electrons. The lowest BCUT2D eigenvalue weighted by atomic mass is 10.0. The molecular weight excluding hydrogens is 835 g/mol. The van der Waals surface area contributed by atoms with Crippen molar-refractivity contribution < 1.29 is 43.2 Å². The van der Waals surface area contributed by atoms with Crippen molar-refractivity contribution in [3.05, 3.63) is 95.3 Å². The molecule has 20 heteroatoms. The van der Waals surface area contributed by atoms with E-state index in [2.05, 4.69) is 53.7 Å². The lowest BCUT2D eigenvalue weighted by Crippen LogP contribution is -2.49. The summed E-state index contributed by atoms with van der Waals surface area (Å²) in [4.78, 5) is 13.1. The highest BCUT2D eigenvalue weighted by atomic mass is 32.2. The number of aryl methyl sites for hydroxylation is 2. The van der Waals surface area contributed by atoms with Crippen LogP contribution in [0.1, 0.15) is 62.0 Å². The fourth-order valence-corrected chi connectivity index (χ4v) is 8.84. The molecule has 0 bridgehead atoms. The molecular formula is C40H50F6N8O4S2. The number of anilines is 4. The van der Waals surface area contributed by atoms with Crippen LogP contribution in [0.4, 0.5) is 49.4 Å². The number of hydrogen-bond acceptors (Lipinski definition) is 10. The Labute approximate surface area is 347 Å². The zero-order valence-corrected chi connectivity index (χ0v) is 35.6. The van der Waals surface area contributed by atoms with Crippen molar-refractivity contribution in [2.24, 2.45) is 0 Å². The van der Waals surface area contributed by atoms with E-state index in [4.69, 9.17) is 0 Å². The van der Waals surface area contributed by atoms with E-state index >= 15 is 0 Å². The van der Waals surface area contributed by atoms with Gasteiger partial charge in [-0.3, -0.25) is 9.44 Å². The number of rotatable bonds is 10. The predicted octanol–water partition coefficient (Wildman–Crippen LogP) is 7.31. The highest BCUT2D eigenvalue weighted by Gasteiger charge is 2.38. The molecule has 2 aliphatic rings. The minimum atomic E-state index is -4.38. The quantitative estimate of drug-likeness (QED) is 0.120. The van der Waals surface area contributed by atoms with E-state index in [-0.39, 0.29) is 20.9 Å². The standard InChI is InChI=1S/2C20H25F3N4O2S/c2*1-13-12-27(11-10-24-13)19-9-8-18(15(3)25-19)26-30(28,29)17-6-4-16(5-7-17)14(2)20(21,22)23/h2*4-9,13-14,24,26H,10-12H2,1-3H3/t2*13?,14-/m10/s1. The van der Waals surface area contributed by atoms with Gasteiger partial charge in [-0.25, -0.2) is 26.8 Å². The summed E-state index contributed by atoms with van der Waals surface area (Å²) in [5.74, 6) is -1.80. The topological polar surface area (TPSA) is 149 Å². The largest absolute Gasteiger partial charge is 0.395 e. The van der Waals surface area contributed by atoms with Crippen molar-refractivity contribution >= 4 is 43.1 Å². The minimum Gasteiger partial charge on any atom is -0.354 e. The van der Waals surface area contributed by atoms with Gasteiger partial charge < -0.3 is 20.4 Å². The first-order chi connectivity index (χ1) is 27.9. The molecule has 328 valence electrons. The number of halogens is 6. The maximum Gasteiger partial charge on any atom is 0.395 e. The van der Waals surface area contributed by atoms with Crippen LogP contribution >= 0.6 is 0 Å². The Bertz CT molecular complexity index is 2150. The lowest BCUT2D eigenvalue weighted by Gasteiger charge is -2.33. The normalized spacial score (nSPS) is 18.9. The van der Waals surface area contributed by atoms with E-state index in [1.54, 1.807) is 38.1 Å². The van der Waals surface area contributed by atoms with Gasteiger partial charge in [0.15, 0.2) is 0 Å². The smallest absolute Gasteiger partial charge is 0.354 e. The molecule has 60 heavy (non-hydrogen) atoms. The van der Waals surface area contributed by atoms with Crippen molar-refractivity contribution in [1.29, 1.82) is 0 Å². The van der Waals surface area contributed by atoms with Crippen LogP contribution < -0.4 is 29.9 Å². The zero-order chi connectivity index (χ0) is 44.2. The van der Waals surface area contributed by atoms with Gasteiger partial charge in [0.25, 0.3) is 20.0 Å². The summed E-state index contributed by atoms with van der Waals surface area (Å²) in [6.07, 6.45) is -8.77. The first-order valence-corrected chi connectivity index (χ1v) is 22.2. The molecule has 2 aliphatic heterocycles. The second kappa shape index (κ2) is 18.5. The summed E-state index contributed by atoms with van der Waals surface area (Å²) < 4.78 is 133. The molecule has 4 atom stereocenters. The zero-order valence-electron chi connectivity index (χ0n) is 34.0. The molecule has 4 heterocycles. The number of piperazine rings is 2. The Balaban J connectivity index is 0.000000228. The Morgan fingerprint density at radius 1 is 0.600 bits per heavy atom. The van der Waals surface area contributed by atoms with Gasteiger partial charge >= 0.3 is 12.4 Å². The van der Waals surface area contributed by atoms with Gasteiger partial charge in [0.05, 0.1) is 44.4 Å². The molecule has 6 rings (SSSR count). The van der Waals surface area contributed by atoms with Crippen molar-refractivity contribution in [2.75, 3.05) is 58.5 Å². The Hall–Kier alpha value is -4.66. The van der Waals surface area contributed by atoms with E-state index in [1.807, 2.05) is 0 Å². The molecule has 2 fully saturated rings. The number of benzene rings is 2. The fourth-order valence-electron chi connectivity index (χ4n) is 6.60. The minimum absolute atomic E-state index is 0.00824. The first-order valence-electron chi connectivity index (χ1n) is 19.3. The highest BCUT2D eigenvalue weighted by molar-refractivity contribution is 7.93. The van der Waals surface area contributed by atoms with Crippen LogP contribution in [0.5, 0.6) is 0 Å². The molecule has 12 nitrogen and oxygen atoms in total. The fraction of sp³-hybridized carbons (Fsp3) is 0.450. The molecule has 0 amide bonds. The lowest BCUT2D eigenvalue weighted by molar-refractivity contribution is -0.147. The Kier molecular flexibility index (Phi) is 14.3. The van der Waals surface area contributed by atoms with Gasteiger partial charge in [-0.15, -0.1) is 0 Å². The summed E-state index contributed by atoms with van der Waals surface area (Å²) in [7, 11) is -7.91. The second-order valence-corrected chi connectivity index (χ2v) is 18.4. The van der Waals surface area contributed by atoms with E-state index in [1.165, 1.54) is 48.5 Å². The molecule has 2 aromatic heterocycles.